The third kappa shape index (κ3) is 15.9. The minimum absolute atomic E-state index is 0.0491. The Hall–Kier alpha value is -1.88. The molecule has 1 N–H and O–H groups in total. The number of carbonyl (C=O) groups excluding carboxylic acids is 1. The molecule has 0 aliphatic heterocycles. The molecular formula is C27H44O5. The molecule has 0 heterocycles. The Morgan fingerprint density at radius 2 is 1.38 bits per heavy atom. The minimum atomic E-state index is -0.748. The van der Waals surface area contributed by atoms with E-state index < -0.39 is 5.97 Å². The second kappa shape index (κ2) is 18.7. The molecule has 0 aliphatic carbocycles. The number of aliphatic carboxylic acids is 1. The maximum Gasteiger partial charge on any atom is 0.303 e. The van der Waals surface area contributed by atoms with Crippen LogP contribution < -0.4 is 0 Å². The molecule has 5 heteroatoms. The van der Waals surface area contributed by atoms with E-state index in [0.717, 1.165) is 57.8 Å². The first-order valence-electron chi connectivity index (χ1n) is 12.6. The van der Waals surface area contributed by atoms with Gasteiger partial charge in [0.25, 0.3) is 0 Å². The molecule has 0 amide bonds. The van der Waals surface area contributed by atoms with Crippen molar-refractivity contribution in [2.24, 2.45) is 0 Å². The zero-order valence-corrected chi connectivity index (χ0v) is 20.2. The fourth-order valence-corrected chi connectivity index (χ4v) is 3.96. The maximum absolute atomic E-state index is 11.4. The Kier molecular flexibility index (Phi) is 16.4. The topological polar surface area (TPSA) is 72.8 Å². The zero-order chi connectivity index (χ0) is 23.4. The Bertz CT molecular complexity index is 601. The van der Waals surface area contributed by atoms with Crippen LogP contribution in [0.2, 0.25) is 0 Å². The van der Waals surface area contributed by atoms with E-state index in [1.807, 2.05) is 6.07 Å². The van der Waals surface area contributed by atoms with Gasteiger partial charge in [-0.05, 0) is 50.5 Å². The third-order valence-electron chi connectivity index (χ3n) is 5.76. The normalized spacial score (nSPS) is 12.9. The van der Waals surface area contributed by atoms with Gasteiger partial charge >= 0.3 is 11.9 Å². The zero-order valence-electron chi connectivity index (χ0n) is 20.2. The van der Waals surface area contributed by atoms with E-state index in [-0.39, 0.29) is 18.5 Å². The lowest BCUT2D eigenvalue weighted by Crippen LogP contribution is -2.16. The van der Waals surface area contributed by atoms with Crippen LogP contribution in [-0.2, 0) is 25.7 Å². The number of carboxylic acids is 1. The lowest BCUT2D eigenvalue weighted by molar-refractivity contribution is -0.147. The minimum Gasteiger partial charge on any atom is -0.481 e. The van der Waals surface area contributed by atoms with Gasteiger partial charge in [-0.25, -0.2) is 0 Å². The van der Waals surface area contributed by atoms with Crippen LogP contribution in [-0.4, -0.2) is 29.3 Å². The number of ether oxygens (including phenoxy) is 2. The first kappa shape index (κ1) is 28.2. The van der Waals surface area contributed by atoms with Crippen LogP contribution in [0.15, 0.2) is 30.3 Å². The largest absolute Gasteiger partial charge is 0.481 e. The molecule has 0 aromatic heterocycles. The average molecular weight is 449 g/mol. The van der Waals surface area contributed by atoms with E-state index in [1.165, 1.54) is 31.7 Å². The number of benzene rings is 1. The summed E-state index contributed by atoms with van der Waals surface area (Å²) in [4.78, 5) is 22.0. The number of hydrogen-bond donors (Lipinski definition) is 1. The van der Waals surface area contributed by atoms with Crippen molar-refractivity contribution >= 4 is 11.9 Å². The Morgan fingerprint density at radius 3 is 1.94 bits per heavy atom. The highest BCUT2D eigenvalue weighted by Crippen LogP contribution is 2.19. The molecule has 1 rings (SSSR count). The van der Waals surface area contributed by atoms with Crippen LogP contribution in [0.5, 0.6) is 0 Å². The third-order valence-corrected chi connectivity index (χ3v) is 5.76. The number of carbonyl (C=O) groups is 2. The van der Waals surface area contributed by atoms with Gasteiger partial charge in [0.15, 0.2) is 0 Å². The highest BCUT2D eigenvalue weighted by Gasteiger charge is 2.13. The van der Waals surface area contributed by atoms with Crippen LogP contribution in [0.1, 0.15) is 109 Å². The van der Waals surface area contributed by atoms with Gasteiger partial charge in [-0.1, -0.05) is 75.8 Å². The fraction of sp³-hybridized carbons (Fsp3) is 0.704. The number of carboxylic acid groups (broad SMARTS) is 1. The van der Waals surface area contributed by atoms with Crippen LogP contribution in [0.25, 0.3) is 0 Å². The average Bonchev–Trinajstić information content (AvgIpc) is 2.76. The van der Waals surface area contributed by atoms with Gasteiger partial charge in [0.1, 0.15) is 6.10 Å². The molecule has 0 spiro atoms. The lowest BCUT2D eigenvalue weighted by atomic mass is 10.0. The summed E-state index contributed by atoms with van der Waals surface area (Å²) >= 11 is 0. The van der Waals surface area contributed by atoms with E-state index in [0.29, 0.717) is 19.1 Å². The van der Waals surface area contributed by atoms with Crippen LogP contribution in [0.4, 0.5) is 0 Å². The van der Waals surface area contributed by atoms with Crippen molar-refractivity contribution in [3.8, 4) is 0 Å². The summed E-state index contributed by atoms with van der Waals surface area (Å²) in [7, 11) is 0. The van der Waals surface area contributed by atoms with Gasteiger partial charge in [-0.3, -0.25) is 9.59 Å². The number of esters is 1. The highest BCUT2D eigenvalue weighted by atomic mass is 16.5. The molecule has 1 aromatic rings. The van der Waals surface area contributed by atoms with Gasteiger partial charge in [0.05, 0.1) is 12.7 Å². The standard InChI is InChI=1S/C27H44O5/c1-3-4-8-17-25(31-22-24-15-9-5-10-16-24)18-11-6-12-19-26(32-23(2)28)20-13-7-14-21-27(29)30/h5,9-10,15-16,25-26H,3-4,6-8,11-14,17-22H2,1-2H3,(H,29,30). The monoisotopic (exact) mass is 448 g/mol. The van der Waals surface area contributed by atoms with Gasteiger partial charge in [-0.15, -0.1) is 0 Å². The predicted molar refractivity (Wildman–Crippen MR) is 129 cm³/mol. The molecular weight excluding hydrogens is 404 g/mol. The summed E-state index contributed by atoms with van der Waals surface area (Å²) in [5, 5.41) is 8.72. The van der Waals surface area contributed by atoms with Crippen molar-refractivity contribution in [3.63, 3.8) is 0 Å². The maximum atomic E-state index is 11.4. The molecule has 32 heavy (non-hydrogen) atoms. The molecule has 0 saturated carbocycles. The van der Waals surface area contributed by atoms with Crippen molar-refractivity contribution in [2.75, 3.05) is 0 Å². The quantitative estimate of drug-likeness (QED) is 0.171. The Morgan fingerprint density at radius 1 is 0.812 bits per heavy atom. The fourth-order valence-electron chi connectivity index (χ4n) is 3.96. The SMILES string of the molecule is CCCCCC(CCCCCC(CCCCCC(=O)O)OC(C)=O)OCc1ccccc1. The molecule has 1 aromatic carbocycles. The van der Waals surface area contributed by atoms with Gasteiger partial charge in [0.2, 0.25) is 0 Å². The summed E-state index contributed by atoms with van der Waals surface area (Å²) in [5.74, 6) is -0.979. The predicted octanol–water partition coefficient (Wildman–Crippen LogP) is 7.07. The van der Waals surface area contributed by atoms with E-state index in [9.17, 15) is 9.59 Å². The van der Waals surface area contributed by atoms with Crippen molar-refractivity contribution in [1.29, 1.82) is 0 Å². The molecule has 0 saturated heterocycles. The summed E-state index contributed by atoms with van der Waals surface area (Å²) < 4.78 is 11.7. The summed E-state index contributed by atoms with van der Waals surface area (Å²) in [6.07, 6.45) is 13.8. The van der Waals surface area contributed by atoms with Crippen molar-refractivity contribution < 1.29 is 24.2 Å². The Labute approximate surface area is 194 Å². The molecule has 0 radical (unpaired) electrons. The molecule has 2 atom stereocenters. The molecule has 2 unspecified atom stereocenters. The molecule has 5 nitrogen and oxygen atoms in total. The molecule has 0 fully saturated rings. The van der Waals surface area contributed by atoms with E-state index in [2.05, 4.69) is 31.2 Å². The van der Waals surface area contributed by atoms with Crippen LogP contribution >= 0.6 is 0 Å². The van der Waals surface area contributed by atoms with Gasteiger partial charge in [-0.2, -0.15) is 0 Å². The van der Waals surface area contributed by atoms with Crippen LogP contribution in [0, 0.1) is 0 Å². The molecule has 0 bridgehead atoms. The second-order valence-corrected chi connectivity index (χ2v) is 8.78. The lowest BCUT2D eigenvalue weighted by Gasteiger charge is -2.19. The van der Waals surface area contributed by atoms with Gasteiger partial charge < -0.3 is 14.6 Å². The summed E-state index contributed by atoms with van der Waals surface area (Å²) in [5.41, 5.74) is 1.22. The van der Waals surface area contributed by atoms with Crippen molar-refractivity contribution in [3.05, 3.63) is 35.9 Å². The van der Waals surface area contributed by atoms with E-state index >= 15 is 0 Å². The smallest absolute Gasteiger partial charge is 0.303 e. The Balaban J connectivity index is 2.29. The second-order valence-electron chi connectivity index (χ2n) is 8.78. The first-order valence-corrected chi connectivity index (χ1v) is 12.6. The van der Waals surface area contributed by atoms with E-state index in [4.69, 9.17) is 14.6 Å². The summed E-state index contributed by atoms with van der Waals surface area (Å²) in [6.45, 7) is 4.36. The van der Waals surface area contributed by atoms with Crippen LogP contribution in [0.3, 0.4) is 0 Å². The number of hydrogen-bond acceptors (Lipinski definition) is 4. The molecule has 182 valence electrons. The molecule has 0 aliphatic rings. The van der Waals surface area contributed by atoms with E-state index in [1.54, 1.807) is 0 Å². The number of unbranched alkanes of at least 4 members (excludes halogenated alkanes) is 6. The van der Waals surface area contributed by atoms with Gasteiger partial charge in [0, 0.05) is 13.3 Å². The van der Waals surface area contributed by atoms with Crippen molar-refractivity contribution in [2.45, 2.75) is 123 Å². The number of rotatable bonds is 20. The van der Waals surface area contributed by atoms with Crippen molar-refractivity contribution in [1.82, 2.24) is 0 Å². The highest BCUT2D eigenvalue weighted by molar-refractivity contribution is 5.66. The first-order chi connectivity index (χ1) is 15.5. The summed E-state index contributed by atoms with van der Waals surface area (Å²) in [6, 6.07) is 10.4.